The predicted octanol–water partition coefficient (Wildman–Crippen LogP) is 3.58. The average Bonchev–Trinajstić information content (AvgIpc) is 2.94. The number of allylic oxidation sites excluding steroid dienone is 2. The van der Waals surface area contributed by atoms with Gasteiger partial charge in [0.2, 0.25) is 0 Å². The molecule has 1 aromatic carbocycles. The first-order valence-electron chi connectivity index (χ1n) is 8.36. The van der Waals surface area contributed by atoms with Gasteiger partial charge in [-0.3, -0.25) is 4.79 Å². The second-order valence-electron chi connectivity index (χ2n) is 6.99. The maximum Gasteiger partial charge on any atom is 0.164 e. The normalized spacial score (nSPS) is 20.1. The molecule has 1 fully saturated rings. The van der Waals surface area contributed by atoms with Gasteiger partial charge < -0.3 is 11.1 Å². The number of nitrogen functional groups attached to an aromatic ring is 1. The predicted molar refractivity (Wildman–Crippen MR) is 97.1 cm³/mol. The quantitative estimate of drug-likeness (QED) is 0.492. The molecule has 0 atom stereocenters. The molecule has 4 rings (SSSR count). The van der Waals surface area contributed by atoms with Crippen LogP contribution in [0.4, 0.5) is 15.9 Å². The number of pyridine rings is 1. The Morgan fingerprint density at radius 2 is 2.23 bits per heavy atom. The third kappa shape index (κ3) is 2.28. The average molecular weight is 348 g/mol. The first kappa shape index (κ1) is 16.3. The van der Waals surface area contributed by atoms with Crippen LogP contribution in [0.15, 0.2) is 36.0 Å². The first-order valence-corrected chi connectivity index (χ1v) is 8.36. The van der Waals surface area contributed by atoms with Crippen molar-refractivity contribution in [3.63, 3.8) is 0 Å². The molecule has 1 spiro atoms. The Kier molecular flexibility index (Phi) is 3.55. The van der Waals surface area contributed by atoms with Crippen molar-refractivity contribution in [2.75, 3.05) is 17.6 Å². The minimum atomic E-state index is -0.613. The number of fused-ring (bicyclic) bond motifs is 2. The lowest BCUT2D eigenvalue weighted by molar-refractivity contribution is 0.101. The van der Waals surface area contributed by atoms with Crippen LogP contribution >= 0.6 is 0 Å². The second-order valence-corrected chi connectivity index (χ2v) is 6.99. The van der Waals surface area contributed by atoms with Gasteiger partial charge in [-0.2, -0.15) is 5.26 Å². The van der Waals surface area contributed by atoms with Crippen LogP contribution in [0.1, 0.15) is 35.7 Å². The molecule has 0 unspecified atom stereocenters. The fourth-order valence-electron chi connectivity index (χ4n) is 4.00. The molecule has 1 aliphatic heterocycles. The highest BCUT2D eigenvalue weighted by Gasteiger charge is 2.47. The molecular weight excluding hydrogens is 331 g/mol. The van der Waals surface area contributed by atoms with Crippen LogP contribution in [-0.4, -0.2) is 17.3 Å². The van der Waals surface area contributed by atoms with Gasteiger partial charge >= 0.3 is 0 Å². The molecular formula is C20H17FN4O. The summed E-state index contributed by atoms with van der Waals surface area (Å²) in [5.41, 5.74) is 8.80. The standard InChI is InChI=1S/C20H17FN4O/c1-11(26)17-16(23)3-2-14(18(17)21)13-6-15-19(24-9-13)25-10-20(15)7-12(8-20)4-5-22/h2-4,6,9H,7-8,10,23H2,1H3,(H,24,25). The summed E-state index contributed by atoms with van der Waals surface area (Å²) in [5.74, 6) is -0.218. The Morgan fingerprint density at radius 3 is 2.92 bits per heavy atom. The molecule has 26 heavy (non-hydrogen) atoms. The Morgan fingerprint density at radius 1 is 1.46 bits per heavy atom. The van der Waals surface area contributed by atoms with E-state index in [-0.39, 0.29) is 16.7 Å². The van der Waals surface area contributed by atoms with Crippen molar-refractivity contribution in [3.8, 4) is 17.2 Å². The molecule has 5 nitrogen and oxygen atoms in total. The smallest absolute Gasteiger partial charge is 0.164 e. The summed E-state index contributed by atoms with van der Waals surface area (Å²) in [6.07, 6.45) is 4.80. The van der Waals surface area contributed by atoms with E-state index in [2.05, 4.69) is 16.4 Å². The number of nitrogens with one attached hydrogen (secondary N) is 1. The van der Waals surface area contributed by atoms with Crippen LogP contribution in [0, 0.1) is 17.1 Å². The van der Waals surface area contributed by atoms with Gasteiger partial charge in [0.15, 0.2) is 5.78 Å². The lowest BCUT2D eigenvalue weighted by atomic mass is 9.63. The van der Waals surface area contributed by atoms with Crippen LogP contribution in [-0.2, 0) is 5.41 Å². The molecule has 130 valence electrons. The third-order valence-electron chi connectivity index (χ3n) is 5.29. The van der Waals surface area contributed by atoms with Crippen LogP contribution in [0.2, 0.25) is 0 Å². The number of nitriles is 1. The maximum atomic E-state index is 14.9. The van der Waals surface area contributed by atoms with Gasteiger partial charge in [0.25, 0.3) is 0 Å². The maximum absolute atomic E-state index is 14.9. The van der Waals surface area contributed by atoms with E-state index in [1.165, 1.54) is 6.92 Å². The number of nitrogens with zero attached hydrogens (tertiary/aromatic N) is 2. The van der Waals surface area contributed by atoms with Crippen molar-refractivity contribution >= 4 is 17.3 Å². The number of anilines is 2. The van der Waals surface area contributed by atoms with Crippen LogP contribution < -0.4 is 11.1 Å². The van der Waals surface area contributed by atoms with Gasteiger partial charge in [0, 0.05) is 46.6 Å². The summed E-state index contributed by atoms with van der Waals surface area (Å²) in [6.45, 7) is 2.06. The SMILES string of the molecule is CC(=O)c1c(N)ccc(-c2cnc3c(c2)C2(CN3)CC(=CC#N)C2)c1F. The zero-order chi connectivity index (χ0) is 18.5. The minimum absolute atomic E-state index is 0.0845. The fourth-order valence-corrected chi connectivity index (χ4v) is 4.00. The molecule has 6 heteroatoms. The number of halogens is 1. The summed E-state index contributed by atoms with van der Waals surface area (Å²) in [6, 6.07) is 7.14. The largest absolute Gasteiger partial charge is 0.398 e. The first-order chi connectivity index (χ1) is 12.4. The van der Waals surface area contributed by atoms with Crippen molar-refractivity contribution in [3.05, 3.63) is 53.0 Å². The molecule has 0 saturated heterocycles. The van der Waals surface area contributed by atoms with Crippen molar-refractivity contribution in [2.45, 2.75) is 25.2 Å². The Hall–Kier alpha value is -3.20. The molecule has 1 aliphatic carbocycles. The van der Waals surface area contributed by atoms with E-state index in [1.54, 1.807) is 24.4 Å². The van der Waals surface area contributed by atoms with Crippen molar-refractivity contribution < 1.29 is 9.18 Å². The molecule has 2 heterocycles. The second kappa shape index (κ2) is 5.67. The van der Waals surface area contributed by atoms with E-state index in [1.807, 2.05) is 6.07 Å². The molecule has 2 aliphatic rings. The molecule has 1 saturated carbocycles. The highest BCUT2D eigenvalue weighted by Crippen LogP contribution is 2.53. The van der Waals surface area contributed by atoms with Gasteiger partial charge in [-0.1, -0.05) is 5.57 Å². The van der Waals surface area contributed by atoms with Crippen molar-refractivity contribution in [2.24, 2.45) is 0 Å². The van der Waals surface area contributed by atoms with Crippen LogP contribution in [0.25, 0.3) is 11.1 Å². The molecule has 2 aromatic rings. The number of benzene rings is 1. The number of aromatic nitrogens is 1. The highest BCUT2D eigenvalue weighted by atomic mass is 19.1. The number of Topliss-reactive ketones (excluding diaryl/α,β-unsaturated/α-hetero) is 1. The van der Waals surface area contributed by atoms with E-state index in [0.717, 1.165) is 36.3 Å². The van der Waals surface area contributed by atoms with Crippen LogP contribution in [0.3, 0.4) is 0 Å². The van der Waals surface area contributed by atoms with E-state index >= 15 is 0 Å². The minimum Gasteiger partial charge on any atom is -0.398 e. The molecule has 1 aromatic heterocycles. The number of ketones is 1. The topological polar surface area (TPSA) is 91.8 Å². The fraction of sp³-hybridized carbons (Fsp3) is 0.250. The number of hydrogen-bond acceptors (Lipinski definition) is 5. The summed E-state index contributed by atoms with van der Waals surface area (Å²) in [4.78, 5) is 16.2. The number of carbonyl (C=O) groups excluding carboxylic acids is 1. The Bertz CT molecular complexity index is 1010. The van der Waals surface area contributed by atoms with Crippen molar-refractivity contribution in [1.82, 2.24) is 4.98 Å². The number of rotatable bonds is 2. The van der Waals surface area contributed by atoms with E-state index in [0.29, 0.717) is 11.1 Å². The van der Waals surface area contributed by atoms with Gasteiger partial charge in [-0.15, -0.1) is 0 Å². The number of carbonyl (C=O) groups is 1. The Labute approximate surface area is 150 Å². The van der Waals surface area contributed by atoms with Gasteiger partial charge in [0.1, 0.15) is 11.6 Å². The van der Waals surface area contributed by atoms with E-state index in [9.17, 15) is 9.18 Å². The van der Waals surface area contributed by atoms with Crippen molar-refractivity contribution in [1.29, 1.82) is 5.26 Å². The van der Waals surface area contributed by atoms with E-state index in [4.69, 9.17) is 11.0 Å². The highest BCUT2D eigenvalue weighted by molar-refractivity contribution is 6.00. The molecule has 3 N–H and O–H groups in total. The molecule has 0 radical (unpaired) electrons. The van der Waals surface area contributed by atoms with Crippen LogP contribution in [0.5, 0.6) is 0 Å². The van der Waals surface area contributed by atoms with Gasteiger partial charge in [-0.05, 0) is 38.0 Å². The monoisotopic (exact) mass is 348 g/mol. The zero-order valence-corrected chi connectivity index (χ0v) is 14.3. The van der Waals surface area contributed by atoms with Gasteiger partial charge in [0.05, 0.1) is 11.6 Å². The van der Waals surface area contributed by atoms with Gasteiger partial charge in [-0.25, -0.2) is 9.37 Å². The summed E-state index contributed by atoms with van der Waals surface area (Å²) < 4.78 is 14.9. The lowest BCUT2D eigenvalue weighted by Gasteiger charge is -2.40. The summed E-state index contributed by atoms with van der Waals surface area (Å²) in [5, 5.41) is 12.1. The lowest BCUT2D eigenvalue weighted by Crippen LogP contribution is -2.38. The zero-order valence-electron chi connectivity index (χ0n) is 14.3. The summed E-state index contributed by atoms with van der Waals surface area (Å²) in [7, 11) is 0. The molecule has 0 bridgehead atoms. The number of hydrogen-bond donors (Lipinski definition) is 2. The Balaban J connectivity index is 1.78. The number of nitrogens with two attached hydrogens (primary N) is 1. The molecule has 0 amide bonds. The van der Waals surface area contributed by atoms with E-state index < -0.39 is 11.6 Å². The summed E-state index contributed by atoms with van der Waals surface area (Å²) >= 11 is 0. The third-order valence-corrected chi connectivity index (χ3v) is 5.29.